The Kier molecular flexibility index (Phi) is 5.26. The van der Waals surface area contributed by atoms with Gasteiger partial charge in [-0.15, -0.1) is 0 Å². The summed E-state index contributed by atoms with van der Waals surface area (Å²) in [6.07, 6.45) is 8.61. The molecule has 0 spiro atoms. The summed E-state index contributed by atoms with van der Waals surface area (Å²) in [5, 5.41) is 7.26. The van der Waals surface area contributed by atoms with Crippen molar-refractivity contribution in [2.24, 2.45) is 11.8 Å². The van der Waals surface area contributed by atoms with Crippen LogP contribution in [0, 0.1) is 11.8 Å². The molecule has 0 radical (unpaired) electrons. The first-order valence-electron chi connectivity index (χ1n) is 10.8. The molecular weight excluding hydrogens is 382 g/mol. The molecule has 1 saturated carbocycles. The number of anilines is 1. The predicted octanol–water partition coefficient (Wildman–Crippen LogP) is 2.58. The SMILES string of the molecule is O=C(Nc1ccc(C2NNC(=O)C3CCCCC32)cc1)c1cnn(C2CCOC2)c1. The van der Waals surface area contributed by atoms with Crippen LogP contribution in [0.2, 0.25) is 0 Å². The van der Waals surface area contributed by atoms with E-state index in [4.69, 9.17) is 4.74 Å². The number of carbonyl (C=O) groups excluding carboxylic acids is 2. The number of aromatic nitrogens is 2. The summed E-state index contributed by atoms with van der Waals surface area (Å²) in [5.41, 5.74) is 8.43. The summed E-state index contributed by atoms with van der Waals surface area (Å²) in [6, 6.07) is 8.19. The van der Waals surface area contributed by atoms with Crippen LogP contribution in [0.5, 0.6) is 0 Å². The minimum Gasteiger partial charge on any atom is -0.379 e. The van der Waals surface area contributed by atoms with Crippen LogP contribution in [0.1, 0.15) is 60.1 Å². The van der Waals surface area contributed by atoms with E-state index in [0.29, 0.717) is 18.1 Å². The molecule has 30 heavy (non-hydrogen) atoms. The maximum Gasteiger partial charge on any atom is 0.258 e. The maximum absolute atomic E-state index is 12.6. The number of carbonyl (C=O) groups is 2. The zero-order chi connectivity index (χ0) is 20.5. The Morgan fingerprint density at radius 2 is 2.00 bits per heavy atom. The Labute approximate surface area is 175 Å². The smallest absolute Gasteiger partial charge is 0.258 e. The molecule has 2 aliphatic heterocycles. The van der Waals surface area contributed by atoms with Crippen molar-refractivity contribution >= 4 is 17.5 Å². The number of benzene rings is 1. The third-order valence-electron chi connectivity index (χ3n) is 6.61. The van der Waals surface area contributed by atoms with Crippen molar-refractivity contribution in [2.75, 3.05) is 18.5 Å². The molecule has 8 nitrogen and oxygen atoms in total. The van der Waals surface area contributed by atoms with Gasteiger partial charge in [0.2, 0.25) is 5.91 Å². The van der Waals surface area contributed by atoms with Crippen LogP contribution < -0.4 is 16.2 Å². The summed E-state index contributed by atoms with van der Waals surface area (Å²) in [5.74, 6) is 0.345. The lowest BCUT2D eigenvalue weighted by atomic mass is 9.72. The molecule has 158 valence electrons. The number of hydrogen-bond acceptors (Lipinski definition) is 5. The topological polar surface area (TPSA) is 97.3 Å². The monoisotopic (exact) mass is 409 g/mol. The number of nitrogens with zero attached hydrogens (tertiary/aromatic N) is 2. The van der Waals surface area contributed by atoms with Crippen LogP contribution in [0.15, 0.2) is 36.7 Å². The summed E-state index contributed by atoms with van der Waals surface area (Å²) in [7, 11) is 0. The van der Waals surface area contributed by atoms with E-state index in [-0.39, 0.29) is 29.8 Å². The van der Waals surface area contributed by atoms with E-state index < -0.39 is 0 Å². The fraction of sp³-hybridized carbons (Fsp3) is 0.500. The molecule has 3 fully saturated rings. The summed E-state index contributed by atoms with van der Waals surface area (Å²) in [4.78, 5) is 24.8. The molecule has 3 N–H and O–H groups in total. The van der Waals surface area contributed by atoms with Gasteiger partial charge in [0.15, 0.2) is 0 Å². The van der Waals surface area contributed by atoms with E-state index in [2.05, 4.69) is 21.3 Å². The molecule has 1 aromatic carbocycles. The van der Waals surface area contributed by atoms with E-state index >= 15 is 0 Å². The first kappa shape index (κ1) is 19.3. The molecule has 3 aliphatic rings. The fourth-order valence-corrected chi connectivity index (χ4v) is 4.93. The Hall–Kier alpha value is -2.71. The van der Waals surface area contributed by atoms with Crippen LogP contribution in [0.25, 0.3) is 0 Å². The van der Waals surface area contributed by atoms with Crippen molar-refractivity contribution in [2.45, 2.75) is 44.2 Å². The van der Waals surface area contributed by atoms with E-state index in [1.165, 1.54) is 6.42 Å². The van der Waals surface area contributed by atoms with Gasteiger partial charge in [-0.2, -0.15) is 5.10 Å². The number of amides is 2. The highest BCUT2D eigenvalue weighted by atomic mass is 16.5. The Balaban J connectivity index is 1.25. The second kappa shape index (κ2) is 8.20. The molecule has 8 heteroatoms. The lowest BCUT2D eigenvalue weighted by Gasteiger charge is -2.41. The van der Waals surface area contributed by atoms with E-state index in [1.54, 1.807) is 12.4 Å². The third-order valence-corrected chi connectivity index (χ3v) is 6.61. The first-order valence-corrected chi connectivity index (χ1v) is 10.8. The molecule has 2 aromatic rings. The fourth-order valence-electron chi connectivity index (χ4n) is 4.93. The van der Waals surface area contributed by atoms with Crippen LogP contribution in [0.4, 0.5) is 5.69 Å². The minimum atomic E-state index is -0.177. The lowest BCUT2D eigenvalue weighted by Crippen LogP contribution is -2.55. The molecule has 4 unspecified atom stereocenters. The molecular formula is C22H27N5O3. The molecule has 2 saturated heterocycles. The number of ether oxygens (including phenoxy) is 1. The average Bonchev–Trinajstić information content (AvgIpc) is 3.47. The molecule has 5 rings (SSSR count). The molecule has 1 aliphatic carbocycles. The van der Waals surface area contributed by atoms with Crippen LogP contribution in [0.3, 0.4) is 0 Å². The number of hydrazine groups is 1. The molecule has 3 heterocycles. The van der Waals surface area contributed by atoms with Gasteiger partial charge >= 0.3 is 0 Å². The Morgan fingerprint density at radius 3 is 2.80 bits per heavy atom. The van der Waals surface area contributed by atoms with Gasteiger partial charge in [-0.1, -0.05) is 25.0 Å². The van der Waals surface area contributed by atoms with Gasteiger partial charge in [0.05, 0.1) is 30.5 Å². The largest absolute Gasteiger partial charge is 0.379 e. The zero-order valence-corrected chi connectivity index (χ0v) is 16.8. The maximum atomic E-state index is 12.6. The average molecular weight is 409 g/mol. The number of nitrogens with one attached hydrogen (secondary N) is 3. The van der Waals surface area contributed by atoms with Crippen molar-refractivity contribution < 1.29 is 14.3 Å². The van der Waals surface area contributed by atoms with Crippen LogP contribution in [-0.2, 0) is 9.53 Å². The second-order valence-electron chi connectivity index (χ2n) is 8.47. The minimum absolute atomic E-state index is 0.0891. The highest BCUT2D eigenvalue weighted by molar-refractivity contribution is 6.03. The van der Waals surface area contributed by atoms with Gasteiger partial charge in [-0.05, 0) is 42.9 Å². The van der Waals surface area contributed by atoms with Gasteiger partial charge in [-0.3, -0.25) is 19.7 Å². The Morgan fingerprint density at radius 1 is 1.17 bits per heavy atom. The number of fused-ring (bicyclic) bond motifs is 1. The lowest BCUT2D eigenvalue weighted by molar-refractivity contribution is -0.133. The zero-order valence-electron chi connectivity index (χ0n) is 16.8. The highest BCUT2D eigenvalue weighted by Crippen LogP contribution is 2.40. The highest BCUT2D eigenvalue weighted by Gasteiger charge is 2.40. The van der Waals surface area contributed by atoms with Crippen molar-refractivity contribution in [1.82, 2.24) is 20.6 Å². The van der Waals surface area contributed by atoms with Gasteiger partial charge in [-0.25, -0.2) is 5.43 Å². The predicted molar refractivity (Wildman–Crippen MR) is 111 cm³/mol. The first-order chi connectivity index (χ1) is 14.7. The number of rotatable bonds is 4. The van der Waals surface area contributed by atoms with E-state index in [1.807, 2.05) is 28.9 Å². The molecule has 2 amide bonds. The Bertz CT molecular complexity index is 919. The van der Waals surface area contributed by atoms with Gasteiger partial charge in [0, 0.05) is 24.4 Å². The van der Waals surface area contributed by atoms with Crippen molar-refractivity contribution in [3.8, 4) is 0 Å². The van der Waals surface area contributed by atoms with Crippen LogP contribution >= 0.6 is 0 Å². The second-order valence-corrected chi connectivity index (χ2v) is 8.47. The van der Waals surface area contributed by atoms with Gasteiger partial charge in [0.1, 0.15) is 0 Å². The van der Waals surface area contributed by atoms with Gasteiger partial charge < -0.3 is 10.1 Å². The molecule has 0 bridgehead atoms. The summed E-state index contributed by atoms with van der Waals surface area (Å²) >= 11 is 0. The van der Waals surface area contributed by atoms with Crippen molar-refractivity contribution in [3.05, 3.63) is 47.8 Å². The summed E-state index contributed by atoms with van der Waals surface area (Å²) < 4.78 is 7.20. The van der Waals surface area contributed by atoms with Crippen LogP contribution in [-0.4, -0.2) is 34.8 Å². The quantitative estimate of drug-likeness (QED) is 0.721. The standard InChI is InChI=1S/C22H27N5O3/c28-21(15-11-23-27(12-15)17-9-10-30-13-17)24-16-7-5-14(6-8-16)20-18-3-1-2-4-19(18)22(29)26-25-20/h5-8,11-12,17-20,25H,1-4,9-10,13H2,(H,24,28)(H,26,29). The molecule has 4 atom stereocenters. The normalized spacial score (nSPS) is 28.6. The third kappa shape index (κ3) is 3.73. The van der Waals surface area contributed by atoms with E-state index in [9.17, 15) is 9.59 Å². The van der Waals surface area contributed by atoms with E-state index in [0.717, 1.165) is 43.5 Å². The van der Waals surface area contributed by atoms with Crippen molar-refractivity contribution in [3.63, 3.8) is 0 Å². The number of hydrogen-bond donors (Lipinski definition) is 3. The van der Waals surface area contributed by atoms with Gasteiger partial charge in [0.25, 0.3) is 5.91 Å². The molecule has 1 aromatic heterocycles. The van der Waals surface area contributed by atoms with Crippen molar-refractivity contribution in [1.29, 1.82) is 0 Å². The summed E-state index contributed by atoms with van der Waals surface area (Å²) in [6.45, 7) is 1.38.